The van der Waals surface area contributed by atoms with Gasteiger partial charge in [-0.2, -0.15) is 0 Å². The van der Waals surface area contributed by atoms with Gasteiger partial charge in [-0.3, -0.25) is 4.98 Å². The topological polar surface area (TPSA) is 33.1 Å². The Hall–Kier alpha value is -9.47. The van der Waals surface area contributed by atoms with Gasteiger partial charge in [0.25, 0.3) is 0 Å². The molecule has 0 radical (unpaired) electrons. The van der Waals surface area contributed by atoms with Crippen LogP contribution in [-0.2, 0) is 57.8 Å². The molecule has 0 saturated carbocycles. The molecule has 0 amide bonds. The first-order valence-electron chi connectivity index (χ1n) is 44.3. The molecule has 1 atom stereocenters. The fraction of sp³-hybridized carbons (Fsp3) is 0.377. The van der Waals surface area contributed by atoms with Crippen molar-refractivity contribution in [2.75, 3.05) is 0 Å². The van der Waals surface area contributed by atoms with Crippen LogP contribution < -0.4 is 0 Å². The molecular weight excluding hydrogens is 1400 g/mol. The molecule has 0 bridgehead atoms. The number of aryl methyl sites for hydroxylation is 11. The Kier molecular flexibility index (Phi) is 44.2. The molecular formula is C114H147NO. The maximum atomic E-state index is 9.57. The van der Waals surface area contributed by atoms with E-state index in [9.17, 15) is 5.11 Å². The Bertz CT molecular complexity index is 4530. The molecule has 12 aromatic rings. The predicted molar refractivity (Wildman–Crippen MR) is 511 cm³/mol. The zero-order valence-corrected chi connectivity index (χ0v) is 75.1. The zero-order valence-electron chi connectivity index (χ0n) is 75.1. The van der Waals surface area contributed by atoms with Crippen molar-refractivity contribution in [3.8, 4) is 55.6 Å². The van der Waals surface area contributed by atoms with Crippen molar-refractivity contribution in [2.45, 2.75) is 240 Å². The number of rotatable bonds is 29. The molecule has 614 valence electrons. The van der Waals surface area contributed by atoms with Gasteiger partial charge < -0.3 is 5.11 Å². The van der Waals surface area contributed by atoms with Gasteiger partial charge in [-0.05, 0) is 282 Å². The molecule has 0 aliphatic carbocycles. The lowest BCUT2D eigenvalue weighted by Gasteiger charge is -2.14. The van der Waals surface area contributed by atoms with Crippen molar-refractivity contribution in [2.24, 2.45) is 41.4 Å². The average molecular weight is 1550 g/mol. The first kappa shape index (κ1) is 95.4. The second-order valence-corrected chi connectivity index (χ2v) is 34.6. The third kappa shape index (κ3) is 35.2. The van der Waals surface area contributed by atoms with Crippen LogP contribution in [0.1, 0.15) is 236 Å². The van der Waals surface area contributed by atoms with Gasteiger partial charge >= 0.3 is 0 Å². The van der Waals surface area contributed by atoms with Crippen molar-refractivity contribution in [1.82, 2.24) is 4.98 Å². The number of nitrogens with zero attached hydrogens (tertiary/aromatic N) is 1. The fourth-order valence-electron chi connectivity index (χ4n) is 14.4. The minimum atomic E-state index is -0.349. The SMILES string of the molecule is CC(C)CCc1ccccc1-c1ccccc1.CC(C)CCc1ccccc1-c1cccnc1.CC(C)CCc1ccccc1C(C)O.CCc1ccccc1-c1ccccc1CCC(C)C.CCc1ccccc1CCC(C)C.Cc1cccc(-c2ccccc2CCC(C)C)c1.Cc1ccccc1-c1ccccc1CCC(C)C. The molecule has 0 aliphatic heterocycles. The molecule has 1 unspecified atom stereocenters. The Morgan fingerprint density at radius 3 is 0.914 bits per heavy atom. The second kappa shape index (κ2) is 53.7. The molecule has 1 N–H and O–H groups in total. The standard InChI is InChI=1S/C19H24.2C18H22.C17H20.C16H19N.C13H20O.C13H20/c1-4-16-9-5-7-11-18(16)19-12-8-6-10-17(19)14-13-15(2)3;1-14(2)12-13-16-9-5-7-11-18(16)17-10-6-4-8-15(17)3;1-14(2)11-12-16-8-4-5-10-18(16)17-9-6-7-15(3)13-17;1-14(2)12-13-16-10-6-7-11-17(16)15-8-4-3-5-9-15;1-13(2)9-10-14-6-3-4-8-16(14)15-7-5-11-17-12-15;1-10(2)8-9-12-6-4-5-7-13(12)11(3)14;1-4-12-7-5-6-8-13(12)10-9-11(2)3/h5-12,15H,4,13-14H2,1-3H3;4-11,14H,12-13H2,1-3H3;4-10,13-14H,11-12H2,1-3H3;3-11,14H,12-13H2,1-2H3;3-8,11-13H,9-10H2,1-2H3;4-7,10-11,14H,8-9H2,1-3H3;5-8,11H,4,9-10H2,1-3H3. The Morgan fingerprint density at radius 2 is 0.526 bits per heavy atom. The zero-order chi connectivity index (χ0) is 84.0. The highest BCUT2D eigenvalue weighted by molar-refractivity contribution is 5.73. The third-order valence-electron chi connectivity index (χ3n) is 21.5. The molecule has 0 fully saturated rings. The van der Waals surface area contributed by atoms with Crippen molar-refractivity contribution in [3.63, 3.8) is 0 Å². The van der Waals surface area contributed by atoms with E-state index in [1.54, 1.807) is 5.56 Å². The van der Waals surface area contributed by atoms with Crippen LogP contribution in [0.25, 0.3) is 55.6 Å². The number of hydrogen-bond donors (Lipinski definition) is 1. The van der Waals surface area contributed by atoms with Crippen LogP contribution in [-0.4, -0.2) is 10.1 Å². The summed E-state index contributed by atoms with van der Waals surface area (Å²) in [5.41, 5.74) is 30.4. The molecule has 116 heavy (non-hydrogen) atoms. The van der Waals surface area contributed by atoms with Crippen LogP contribution in [0.5, 0.6) is 0 Å². The third-order valence-corrected chi connectivity index (χ3v) is 21.5. The molecule has 2 nitrogen and oxygen atoms in total. The van der Waals surface area contributed by atoms with E-state index < -0.39 is 0 Å². The quantitative estimate of drug-likeness (QED) is 0.0507. The van der Waals surface area contributed by atoms with Crippen molar-refractivity contribution in [3.05, 3.63) is 364 Å². The lowest BCUT2D eigenvalue weighted by atomic mass is 9.91. The first-order chi connectivity index (χ1) is 56.0. The normalized spacial score (nSPS) is 11.1. The van der Waals surface area contributed by atoms with Gasteiger partial charge in [-0.1, -0.05) is 395 Å². The molecule has 0 spiro atoms. The number of benzene rings is 11. The second-order valence-electron chi connectivity index (χ2n) is 34.6. The van der Waals surface area contributed by atoms with E-state index in [-0.39, 0.29) is 6.10 Å². The Morgan fingerprint density at radius 1 is 0.241 bits per heavy atom. The van der Waals surface area contributed by atoms with Crippen molar-refractivity contribution >= 4 is 0 Å². The maximum absolute atomic E-state index is 9.57. The van der Waals surface area contributed by atoms with Crippen LogP contribution in [0.4, 0.5) is 0 Å². The summed E-state index contributed by atoms with van der Waals surface area (Å²) in [6.07, 6.45) is 22.5. The van der Waals surface area contributed by atoms with Gasteiger partial charge in [0.05, 0.1) is 6.10 Å². The summed E-state index contributed by atoms with van der Waals surface area (Å²) < 4.78 is 0. The van der Waals surface area contributed by atoms with Crippen LogP contribution in [0.15, 0.2) is 298 Å². The average Bonchev–Trinajstić information content (AvgIpc) is 0.818. The molecule has 11 aromatic carbocycles. The van der Waals surface area contributed by atoms with E-state index in [0.717, 1.165) is 72.7 Å². The largest absolute Gasteiger partial charge is 0.389 e. The predicted octanol–water partition coefficient (Wildman–Crippen LogP) is 32.5. The number of aromatic nitrogens is 1. The molecule has 0 saturated heterocycles. The van der Waals surface area contributed by atoms with Gasteiger partial charge in [0.15, 0.2) is 0 Å². The highest BCUT2D eigenvalue weighted by Gasteiger charge is 2.14. The molecule has 12 rings (SSSR count). The number of pyridine rings is 1. The summed E-state index contributed by atoms with van der Waals surface area (Å²) in [7, 11) is 0. The lowest BCUT2D eigenvalue weighted by molar-refractivity contribution is 0.198. The van der Waals surface area contributed by atoms with Gasteiger partial charge in [0, 0.05) is 18.0 Å². The van der Waals surface area contributed by atoms with E-state index in [4.69, 9.17) is 0 Å². The molecule has 1 heterocycles. The Balaban J connectivity index is 0.000000211. The Labute approximate surface area is 707 Å². The van der Waals surface area contributed by atoms with Crippen molar-refractivity contribution < 1.29 is 5.11 Å². The number of hydrogen-bond acceptors (Lipinski definition) is 2. The molecule has 2 heteroatoms. The molecule has 1 aromatic heterocycles. The smallest absolute Gasteiger partial charge is 0.0764 e. The minimum Gasteiger partial charge on any atom is -0.389 e. The highest BCUT2D eigenvalue weighted by Crippen LogP contribution is 2.33. The van der Waals surface area contributed by atoms with Gasteiger partial charge in [-0.15, -0.1) is 0 Å². The van der Waals surface area contributed by atoms with E-state index in [1.165, 1.54) is 188 Å². The van der Waals surface area contributed by atoms with Crippen molar-refractivity contribution in [1.29, 1.82) is 0 Å². The first-order valence-corrected chi connectivity index (χ1v) is 44.3. The fourth-order valence-corrected chi connectivity index (χ4v) is 14.4. The summed E-state index contributed by atoms with van der Waals surface area (Å²) in [5, 5.41) is 9.57. The summed E-state index contributed by atoms with van der Waals surface area (Å²) in [4.78, 5) is 4.20. The van der Waals surface area contributed by atoms with Gasteiger partial charge in [-0.25, -0.2) is 0 Å². The van der Waals surface area contributed by atoms with E-state index in [2.05, 4.69) is 390 Å². The van der Waals surface area contributed by atoms with E-state index >= 15 is 0 Å². The highest BCUT2D eigenvalue weighted by atomic mass is 16.3. The van der Waals surface area contributed by atoms with Gasteiger partial charge in [0.2, 0.25) is 0 Å². The summed E-state index contributed by atoms with van der Waals surface area (Å²) in [6.45, 7) is 42.5. The van der Waals surface area contributed by atoms with Gasteiger partial charge in [0.1, 0.15) is 0 Å². The van der Waals surface area contributed by atoms with E-state index in [0.29, 0.717) is 0 Å². The minimum absolute atomic E-state index is 0.349. The van der Waals surface area contributed by atoms with Crippen LogP contribution in [0.2, 0.25) is 0 Å². The maximum Gasteiger partial charge on any atom is 0.0764 e. The summed E-state index contributed by atoms with van der Waals surface area (Å²) >= 11 is 0. The van der Waals surface area contributed by atoms with Crippen LogP contribution >= 0.6 is 0 Å². The monoisotopic (exact) mass is 1550 g/mol. The van der Waals surface area contributed by atoms with E-state index in [1.807, 2.05) is 43.6 Å². The summed E-state index contributed by atoms with van der Waals surface area (Å²) in [5.74, 6) is 5.32. The number of aliphatic hydroxyl groups is 1. The molecule has 0 aliphatic rings. The lowest BCUT2D eigenvalue weighted by Crippen LogP contribution is -2.00. The van der Waals surface area contributed by atoms with Crippen LogP contribution in [0.3, 0.4) is 0 Å². The summed E-state index contributed by atoms with van der Waals surface area (Å²) in [6, 6.07) is 102. The number of aliphatic hydroxyl groups excluding tert-OH is 1. The van der Waals surface area contributed by atoms with Crippen LogP contribution in [0, 0.1) is 55.3 Å².